The van der Waals surface area contributed by atoms with Crippen molar-refractivity contribution in [2.45, 2.75) is 163 Å². The van der Waals surface area contributed by atoms with Crippen LogP contribution in [0.15, 0.2) is 0 Å². The molecule has 0 aromatic carbocycles. The first-order valence-corrected chi connectivity index (χ1v) is 17.1. The van der Waals surface area contributed by atoms with E-state index in [1.807, 2.05) is 0 Å². The molecule has 0 spiro atoms. The maximum absolute atomic E-state index is 2.38. The van der Waals surface area contributed by atoms with Crippen molar-refractivity contribution in [1.82, 2.24) is 0 Å². The molecule has 0 aliphatic carbocycles. The molecule has 0 N–H and O–H groups in total. The SMILES string of the molecule is CCCCCCCC[P+](CCCCC)(CCCCCCCC)CCCCCCCC. The molecule has 0 radical (unpaired) electrons. The van der Waals surface area contributed by atoms with Crippen molar-refractivity contribution in [3.05, 3.63) is 0 Å². The standard InChI is InChI=1S/C29H62P/c1-5-9-13-16-19-23-27-30(26-22-12-8-4,28-24-20-17-14-10-6-2)29-25-21-18-15-11-7-3/h5-29H2,1-4H3/q+1. The molecule has 0 bridgehead atoms. The Morgan fingerprint density at radius 1 is 0.267 bits per heavy atom. The monoisotopic (exact) mass is 441 g/mol. The Hall–Kier alpha value is 0.430. The Morgan fingerprint density at radius 2 is 0.467 bits per heavy atom. The molecule has 0 nitrogen and oxygen atoms in total. The fourth-order valence-electron chi connectivity index (χ4n) is 5.05. The van der Waals surface area contributed by atoms with Crippen LogP contribution >= 0.6 is 7.26 Å². The van der Waals surface area contributed by atoms with Gasteiger partial charge in [-0.3, -0.25) is 0 Å². The summed E-state index contributed by atoms with van der Waals surface area (Å²) in [5, 5.41) is 0. The van der Waals surface area contributed by atoms with E-state index in [0.717, 1.165) is 0 Å². The number of unbranched alkanes of at least 4 members (excludes halogenated alkanes) is 17. The van der Waals surface area contributed by atoms with Crippen LogP contribution in [0.1, 0.15) is 163 Å². The van der Waals surface area contributed by atoms with Gasteiger partial charge in [-0.2, -0.15) is 0 Å². The normalized spacial score (nSPS) is 12.0. The predicted molar refractivity (Wildman–Crippen MR) is 146 cm³/mol. The van der Waals surface area contributed by atoms with Crippen LogP contribution < -0.4 is 0 Å². The van der Waals surface area contributed by atoms with E-state index in [4.69, 9.17) is 0 Å². The molecule has 0 rings (SSSR count). The third-order valence-corrected chi connectivity index (χ3v) is 12.3. The minimum absolute atomic E-state index is 0.693. The van der Waals surface area contributed by atoms with Gasteiger partial charge in [-0.15, -0.1) is 0 Å². The summed E-state index contributed by atoms with van der Waals surface area (Å²) in [4.78, 5) is 0. The highest BCUT2D eigenvalue weighted by Crippen LogP contribution is 2.61. The van der Waals surface area contributed by atoms with Crippen molar-refractivity contribution >= 4 is 7.26 Å². The van der Waals surface area contributed by atoms with Gasteiger partial charge in [-0.25, -0.2) is 0 Å². The van der Waals surface area contributed by atoms with Crippen LogP contribution in [0.4, 0.5) is 0 Å². The molecule has 182 valence electrons. The van der Waals surface area contributed by atoms with Crippen LogP contribution in [0.3, 0.4) is 0 Å². The Balaban J connectivity index is 4.61. The van der Waals surface area contributed by atoms with Crippen molar-refractivity contribution in [3.63, 3.8) is 0 Å². The molecule has 0 unspecified atom stereocenters. The second-order valence-electron chi connectivity index (χ2n) is 10.2. The van der Waals surface area contributed by atoms with Crippen LogP contribution in [0.5, 0.6) is 0 Å². The van der Waals surface area contributed by atoms with Crippen molar-refractivity contribution in [3.8, 4) is 0 Å². The fourth-order valence-corrected chi connectivity index (χ4v) is 9.97. The number of rotatable bonds is 25. The average Bonchev–Trinajstić information content (AvgIpc) is 2.75. The van der Waals surface area contributed by atoms with Gasteiger partial charge in [-0.1, -0.05) is 118 Å². The van der Waals surface area contributed by atoms with Gasteiger partial charge in [0, 0.05) is 7.26 Å². The van der Waals surface area contributed by atoms with Crippen LogP contribution in [-0.4, -0.2) is 24.6 Å². The minimum atomic E-state index is -0.693. The van der Waals surface area contributed by atoms with Gasteiger partial charge in [0.15, 0.2) is 0 Å². The molecule has 0 saturated heterocycles. The van der Waals surface area contributed by atoms with Gasteiger partial charge in [0.1, 0.15) is 0 Å². The molecular weight excluding hydrogens is 379 g/mol. The minimum Gasteiger partial charge on any atom is -0.0654 e. The second kappa shape index (κ2) is 24.1. The molecule has 0 aromatic rings. The molecule has 0 fully saturated rings. The highest BCUT2D eigenvalue weighted by molar-refractivity contribution is 7.75. The molecule has 0 aliphatic rings. The summed E-state index contributed by atoms with van der Waals surface area (Å²) >= 11 is 0. The molecule has 0 atom stereocenters. The largest absolute Gasteiger partial charge is 0.0654 e. The van der Waals surface area contributed by atoms with Gasteiger partial charge < -0.3 is 0 Å². The van der Waals surface area contributed by atoms with Crippen molar-refractivity contribution in [2.24, 2.45) is 0 Å². The molecular formula is C29H62P+. The highest BCUT2D eigenvalue weighted by atomic mass is 31.2. The van der Waals surface area contributed by atoms with E-state index in [2.05, 4.69) is 27.7 Å². The van der Waals surface area contributed by atoms with Crippen molar-refractivity contribution in [2.75, 3.05) is 24.6 Å². The average molecular weight is 442 g/mol. The summed E-state index contributed by atoms with van der Waals surface area (Å²) in [6, 6.07) is 0. The van der Waals surface area contributed by atoms with Crippen LogP contribution in [0.2, 0.25) is 0 Å². The Labute approximate surface area is 194 Å². The topological polar surface area (TPSA) is 0 Å². The highest BCUT2D eigenvalue weighted by Gasteiger charge is 2.34. The first-order valence-electron chi connectivity index (χ1n) is 14.6. The third-order valence-electron chi connectivity index (χ3n) is 7.19. The maximum atomic E-state index is 2.38. The lowest BCUT2D eigenvalue weighted by Crippen LogP contribution is -2.13. The van der Waals surface area contributed by atoms with Gasteiger partial charge >= 0.3 is 0 Å². The lowest BCUT2D eigenvalue weighted by Gasteiger charge is -2.28. The molecule has 0 saturated carbocycles. The number of hydrogen-bond donors (Lipinski definition) is 0. The Bertz CT molecular complexity index is 271. The summed E-state index contributed by atoms with van der Waals surface area (Å²) in [7, 11) is -0.693. The quantitative estimate of drug-likeness (QED) is 0.0975. The molecule has 0 amide bonds. The Kier molecular flexibility index (Phi) is 24.4. The Morgan fingerprint density at radius 3 is 0.767 bits per heavy atom. The summed E-state index contributed by atoms with van der Waals surface area (Å²) in [6.07, 6.45) is 37.6. The summed E-state index contributed by atoms with van der Waals surface area (Å²) in [5.74, 6) is 0. The lowest BCUT2D eigenvalue weighted by atomic mass is 10.1. The summed E-state index contributed by atoms with van der Waals surface area (Å²) in [6.45, 7) is 9.40. The fraction of sp³-hybridized carbons (Fsp3) is 1.00. The zero-order valence-corrected chi connectivity index (χ0v) is 23.0. The zero-order chi connectivity index (χ0) is 22.2. The van der Waals surface area contributed by atoms with Gasteiger partial charge in [0.2, 0.25) is 0 Å². The van der Waals surface area contributed by atoms with E-state index in [0.29, 0.717) is 0 Å². The van der Waals surface area contributed by atoms with E-state index < -0.39 is 7.26 Å². The van der Waals surface area contributed by atoms with E-state index in [1.165, 1.54) is 116 Å². The molecule has 1 heteroatoms. The molecule has 0 aromatic heterocycles. The van der Waals surface area contributed by atoms with Gasteiger partial charge in [0.25, 0.3) is 0 Å². The van der Waals surface area contributed by atoms with Crippen molar-refractivity contribution < 1.29 is 0 Å². The number of hydrogen-bond acceptors (Lipinski definition) is 0. The zero-order valence-electron chi connectivity index (χ0n) is 22.1. The predicted octanol–water partition coefficient (Wildman–Crippen LogP) is 11.3. The first kappa shape index (κ1) is 30.4. The van der Waals surface area contributed by atoms with E-state index in [1.54, 1.807) is 43.9 Å². The summed E-state index contributed by atoms with van der Waals surface area (Å²) < 4.78 is 0. The third kappa shape index (κ3) is 19.1. The second-order valence-corrected chi connectivity index (χ2v) is 14.7. The van der Waals surface area contributed by atoms with Crippen LogP contribution in [-0.2, 0) is 0 Å². The first-order chi connectivity index (χ1) is 14.7. The van der Waals surface area contributed by atoms with Gasteiger partial charge in [-0.05, 0) is 44.9 Å². The maximum Gasteiger partial charge on any atom is 0.0594 e. The molecule has 0 heterocycles. The van der Waals surface area contributed by atoms with Crippen LogP contribution in [0.25, 0.3) is 0 Å². The van der Waals surface area contributed by atoms with Crippen molar-refractivity contribution in [1.29, 1.82) is 0 Å². The summed E-state index contributed by atoms with van der Waals surface area (Å²) in [5.41, 5.74) is 0. The van der Waals surface area contributed by atoms with Crippen LogP contribution in [0, 0.1) is 0 Å². The van der Waals surface area contributed by atoms with Gasteiger partial charge in [0.05, 0.1) is 24.6 Å². The molecule has 30 heavy (non-hydrogen) atoms. The van der Waals surface area contributed by atoms with E-state index in [9.17, 15) is 0 Å². The smallest absolute Gasteiger partial charge is 0.0594 e. The van der Waals surface area contributed by atoms with E-state index >= 15 is 0 Å². The molecule has 0 aliphatic heterocycles. The van der Waals surface area contributed by atoms with E-state index in [-0.39, 0.29) is 0 Å². The lowest BCUT2D eigenvalue weighted by molar-refractivity contribution is 0.614.